The summed E-state index contributed by atoms with van der Waals surface area (Å²) in [4.78, 5) is 2.51. The van der Waals surface area contributed by atoms with Crippen molar-refractivity contribution in [2.45, 2.75) is 44.3 Å². The third kappa shape index (κ3) is 1.96. The molecule has 0 saturated heterocycles. The molecule has 3 rings (SSSR count). The fourth-order valence-electron chi connectivity index (χ4n) is 3.46. The summed E-state index contributed by atoms with van der Waals surface area (Å²) in [5, 5.41) is 1.64. The van der Waals surface area contributed by atoms with E-state index in [2.05, 4.69) is 4.90 Å². The Morgan fingerprint density at radius 3 is 2.50 bits per heavy atom. The summed E-state index contributed by atoms with van der Waals surface area (Å²) in [6.07, 6.45) is 5.21. The van der Waals surface area contributed by atoms with Crippen LogP contribution in [0.4, 0.5) is 0 Å². The third-order valence-corrected chi connectivity index (χ3v) is 5.02. The molecule has 0 bridgehead atoms. The van der Waals surface area contributed by atoms with Crippen LogP contribution in [0.15, 0.2) is 12.1 Å². The van der Waals surface area contributed by atoms with Crippen LogP contribution in [-0.4, -0.2) is 17.5 Å². The molecule has 1 heterocycles. The molecule has 0 aromatic heterocycles. The number of fused-ring (bicyclic) bond motifs is 1. The molecule has 1 saturated carbocycles. The fourth-order valence-corrected chi connectivity index (χ4v) is 3.99. The maximum Gasteiger partial charge on any atom is 0.0495 e. The van der Waals surface area contributed by atoms with Crippen LogP contribution >= 0.6 is 23.2 Å². The van der Waals surface area contributed by atoms with E-state index in [1.807, 2.05) is 12.1 Å². The van der Waals surface area contributed by atoms with Gasteiger partial charge in [-0.25, -0.2) is 0 Å². The van der Waals surface area contributed by atoms with Crippen molar-refractivity contribution in [1.29, 1.82) is 0 Å². The van der Waals surface area contributed by atoms with Gasteiger partial charge in [-0.1, -0.05) is 36.0 Å². The number of hydrogen-bond acceptors (Lipinski definition) is 2. The van der Waals surface area contributed by atoms with E-state index in [0.29, 0.717) is 12.6 Å². The fraction of sp³-hybridized carbons (Fsp3) is 0.571. The highest BCUT2D eigenvalue weighted by molar-refractivity contribution is 6.34. The Morgan fingerprint density at radius 2 is 1.83 bits per heavy atom. The lowest BCUT2D eigenvalue weighted by Crippen LogP contribution is -2.35. The van der Waals surface area contributed by atoms with Crippen molar-refractivity contribution in [3.63, 3.8) is 0 Å². The van der Waals surface area contributed by atoms with Crippen LogP contribution < -0.4 is 5.73 Å². The molecule has 98 valence electrons. The van der Waals surface area contributed by atoms with Crippen molar-refractivity contribution in [3.8, 4) is 0 Å². The highest BCUT2D eigenvalue weighted by Gasteiger charge is 2.37. The zero-order valence-corrected chi connectivity index (χ0v) is 11.8. The van der Waals surface area contributed by atoms with E-state index >= 15 is 0 Å². The van der Waals surface area contributed by atoms with Crippen molar-refractivity contribution >= 4 is 23.2 Å². The number of hydrogen-bond donors (Lipinski definition) is 1. The van der Waals surface area contributed by atoms with E-state index in [1.54, 1.807) is 0 Å². The van der Waals surface area contributed by atoms with Crippen molar-refractivity contribution in [2.75, 3.05) is 6.54 Å². The normalized spacial score (nSPS) is 24.7. The van der Waals surface area contributed by atoms with Gasteiger partial charge in [-0.05, 0) is 36.1 Å². The Bertz CT molecular complexity index is 455. The Labute approximate surface area is 118 Å². The summed E-state index contributed by atoms with van der Waals surface area (Å²) >= 11 is 12.7. The van der Waals surface area contributed by atoms with Gasteiger partial charge in [0.15, 0.2) is 0 Å². The van der Waals surface area contributed by atoms with Crippen LogP contribution in [0, 0.1) is 0 Å². The molecule has 0 spiro atoms. The predicted molar refractivity (Wildman–Crippen MR) is 76.1 cm³/mol. The Hall–Kier alpha value is -0.280. The van der Waals surface area contributed by atoms with E-state index in [0.717, 1.165) is 16.6 Å². The number of nitrogens with two attached hydrogens (primary N) is 1. The molecule has 18 heavy (non-hydrogen) atoms. The monoisotopic (exact) mass is 284 g/mol. The summed E-state index contributed by atoms with van der Waals surface area (Å²) < 4.78 is 0. The topological polar surface area (TPSA) is 29.3 Å². The van der Waals surface area contributed by atoms with Gasteiger partial charge in [-0.3, -0.25) is 4.90 Å². The molecule has 1 atom stereocenters. The zero-order chi connectivity index (χ0) is 12.7. The average Bonchev–Trinajstić information content (AvgIpc) is 2.99. The van der Waals surface area contributed by atoms with Gasteiger partial charge in [0.25, 0.3) is 0 Å². The third-order valence-electron chi connectivity index (χ3n) is 4.34. The SMILES string of the molecule is NCC1c2c(Cl)ccc(Cl)c2CN1C1CCCC1. The second-order valence-electron chi connectivity index (χ2n) is 5.28. The van der Waals surface area contributed by atoms with Gasteiger partial charge in [-0.2, -0.15) is 0 Å². The van der Waals surface area contributed by atoms with Gasteiger partial charge in [0.1, 0.15) is 0 Å². The van der Waals surface area contributed by atoms with E-state index < -0.39 is 0 Å². The summed E-state index contributed by atoms with van der Waals surface area (Å²) in [6.45, 7) is 1.52. The zero-order valence-electron chi connectivity index (χ0n) is 10.3. The van der Waals surface area contributed by atoms with Crippen LogP contribution in [0.25, 0.3) is 0 Å². The number of halogens is 2. The minimum atomic E-state index is 0.245. The first-order valence-corrected chi connectivity index (χ1v) is 7.40. The number of benzene rings is 1. The standard InChI is InChI=1S/C14H18Cl2N2/c15-11-5-6-12(16)14-10(11)8-18(13(14)7-17)9-3-1-2-4-9/h5-6,9,13H,1-4,7-8,17H2. The first-order chi connectivity index (χ1) is 8.72. The van der Waals surface area contributed by atoms with E-state index in [9.17, 15) is 0 Å². The molecule has 1 unspecified atom stereocenters. The van der Waals surface area contributed by atoms with Gasteiger partial charge in [0.2, 0.25) is 0 Å². The summed E-state index contributed by atoms with van der Waals surface area (Å²) in [5.41, 5.74) is 8.33. The number of rotatable bonds is 2. The van der Waals surface area contributed by atoms with Gasteiger partial charge in [-0.15, -0.1) is 0 Å². The lowest BCUT2D eigenvalue weighted by atomic mass is 10.0. The van der Waals surface area contributed by atoms with Gasteiger partial charge < -0.3 is 5.73 Å². The minimum Gasteiger partial charge on any atom is -0.329 e. The molecule has 1 fully saturated rings. The minimum absolute atomic E-state index is 0.245. The molecule has 1 aliphatic carbocycles. The van der Waals surface area contributed by atoms with Crippen molar-refractivity contribution < 1.29 is 0 Å². The maximum absolute atomic E-state index is 6.35. The first kappa shape index (κ1) is 12.7. The first-order valence-electron chi connectivity index (χ1n) is 6.65. The second-order valence-corrected chi connectivity index (χ2v) is 6.10. The van der Waals surface area contributed by atoms with Crippen molar-refractivity contribution in [1.82, 2.24) is 4.90 Å². The molecule has 2 aliphatic rings. The Morgan fingerprint density at radius 1 is 1.17 bits per heavy atom. The molecular formula is C14H18Cl2N2. The highest BCUT2D eigenvalue weighted by Crippen LogP contribution is 2.44. The molecule has 0 radical (unpaired) electrons. The molecule has 1 aliphatic heterocycles. The van der Waals surface area contributed by atoms with Crippen LogP contribution in [0.5, 0.6) is 0 Å². The molecule has 2 nitrogen and oxygen atoms in total. The molecule has 0 amide bonds. The van der Waals surface area contributed by atoms with E-state index in [1.165, 1.54) is 36.8 Å². The molecule has 2 N–H and O–H groups in total. The average molecular weight is 285 g/mol. The van der Waals surface area contributed by atoms with Crippen molar-refractivity contribution in [2.24, 2.45) is 5.73 Å². The summed E-state index contributed by atoms with van der Waals surface area (Å²) in [5.74, 6) is 0. The van der Waals surface area contributed by atoms with Crippen LogP contribution in [-0.2, 0) is 6.54 Å². The Kier molecular flexibility index (Phi) is 3.55. The predicted octanol–water partition coefficient (Wildman–Crippen LogP) is 3.75. The summed E-state index contributed by atoms with van der Waals surface area (Å²) in [7, 11) is 0. The second kappa shape index (κ2) is 5.01. The van der Waals surface area contributed by atoms with Crippen LogP contribution in [0.2, 0.25) is 10.0 Å². The van der Waals surface area contributed by atoms with Gasteiger partial charge in [0.05, 0.1) is 0 Å². The molecule has 1 aromatic rings. The molecule has 1 aromatic carbocycles. The molecular weight excluding hydrogens is 267 g/mol. The van der Waals surface area contributed by atoms with Crippen LogP contribution in [0.1, 0.15) is 42.9 Å². The summed E-state index contributed by atoms with van der Waals surface area (Å²) in [6, 6.07) is 4.69. The molecule has 4 heteroatoms. The van der Waals surface area contributed by atoms with Crippen LogP contribution in [0.3, 0.4) is 0 Å². The van der Waals surface area contributed by atoms with Crippen molar-refractivity contribution in [3.05, 3.63) is 33.3 Å². The van der Waals surface area contributed by atoms with Gasteiger partial charge >= 0.3 is 0 Å². The number of nitrogens with zero attached hydrogens (tertiary/aromatic N) is 1. The Balaban J connectivity index is 1.99. The van der Waals surface area contributed by atoms with Gasteiger partial charge in [0, 0.05) is 35.2 Å². The lowest BCUT2D eigenvalue weighted by Gasteiger charge is -2.30. The van der Waals surface area contributed by atoms with E-state index in [-0.39, 0.29) is 6.04 Å². The van der Waals surface area contributed by atoms with E-state index in [4.69, 9.17) is 28.9 Å². The largest absolute Gasteiger partial charge is 0.329 e. The lowest BCUT2D eigenvalue weighted by molar-refractivity contribution is 0.152. The quantitative estimate of drug-likeness (QED) is 0.896. The smallest absolute Gasteiger partial charge is 0.0495 e. The highest BCUT2D eigenvalue weighted by atomic mass is 35.5. The maximum atomic E-state index is 6.35.